The predicted molar refractivity (Wildman–Crippen MR) is 82.0 cm³/mol. The molecule has 0 saturated heterocycles. The van der Waals surface area contributed by atoms with Gasteiger partial charge in [0.25, 0.3) is 0 Å². The number of carbonyl (C=O) groups excluding carboxylic acids is 1. The van der Waals surface area contributed by atoms with Crippen molar-refractivity contribution in [1.82, 2.24) is 0 Å². The van der Waals surface area contributed by atoms with Crippen molar-refractivity contribution in [3.05, 3.63) is 24.3 Å². The molecule has 0 heterocycles. The van der Waals surface area contributed by atoms with Gasteiger partial charge < -0.3 is 10.1 Å². The normalized spacial score (nSPS) is 18.6. The summed E-state index contributed by atoms with van der Waals surface area (Å²) < 4.78 is 5.73. The van der Waals surface area contributed by atoms with Crippen LogP contribution in [0.3, 0.4) is 0 Å². The van der Waals surface area contributed by atoms with Crippen LogP contribution >= 0.6 is 0 Å². The summed E-state index contributed by atoms with van der Waals surface area (Å²) in [5.74, 6) is 0.995. The van der Waals surface area contributed by atoms with Crippen LogP contribution in [0.1, 0.15) is 52.9 Å². The van der Waals surface area contributed by atoms with Gasteiger partial charge in [0.15, 0.2) is 0 Å². The van der Waals surface area contributed by atoms with Gasteiger partial charge in [-0.2, -0.15) is 0 Å². The highest BCUT2D eigenvalue weighted by atomic mass is 16.5. The Hall–Kier alpha value is -1.51. The summed E-state index contributed by atoms with van der Waals surface area (Å²) in [6, 6.07) is 7.65. The van der Waals surface area contributed by atoms with Gasteiger partial charge in [0, 0.05) is 11.1 Å². The highest BCUT2D eigenvalue weighted by Gasteiger charge is 2.36. The number of benzene rings is 1. The van der Waals surface area contributed by atoms with Crippen LogP contribution in [0.15, 0.2) is 24.3 Å². The second-order valence-electron chi connectivity index (χ2n) is 6.08. The van der Waals surface area contributed by atoms with Gasteiger partial charge >= 0.3 is 0 Å². The van der Waals surface area contributed by atoms with E-state index in [1.165, 1.54) is 0 Å². The van der Waals surface area contributed by atoms with Crippen LogP contribution in [-0.2, 0) is 4.79 Å². The van der Waals surface area contributed by atoms with Crippen molar-refractivity contribution < 1.29 is 9.53 Å². The average Bonchev–Trinajstić information content (AvgIpc) is 2.89. The third kappa shape index (κ3) is 3.53. The van der Waals surface area contributed by atoms with Gasteiger partial charge in [-0.3, -0.25) is 4.79 Å². The third-order valence-electron chi connectivity index (χ3n) is 4.28. The summed E-state index contributed by atoms with van der Waals surface area (Å²) in [5, 5.41) is 3.02. The number of hydrogen-bond acceptors (Lipinski definition) is 2. The maximum absolute atomic E-state index is 12.3. The molecule has 0 unspecified atom stereocenters. The van der Waals surface area contributed by atoms with E-state index >= 15 is 0 Å². The number of amides is 1. The summed E-state index contributed by atoms with van der Waals surface area (Å²) in [5.41, 5.74) is 0.658. The monoisotopic (exact) mass is 275 g/mol. The lowest BCUT2D eigenvalue weighted by atomic mass is 9.88. The first-order chi connectivity index (χ1) is 9.53. The van der Waals surface area contributed by atoms with E-state index in [2.05, 4.69) is 26.1 Å². The van der Waals surface area contributed by atoms with Crippen molar-refractivity contribution >= 4 is 11.6 Å². The van der Waals surface area contributed by atoms with Crippen molar-refractivity contribution in [2.24, 2.45) is 5.41 Å². The van der Waals surface area contributed by atoms with Crippen LogP contribution in [0.2, 0.25) is 0 Å². The molecule has 3 nitrogen and oxygen atoms in total. The van der Waals surface area contributed by atoms with Crippen LogP contribution < -0.4 is 10.1 Å². The molecule has 1 aliphatic carbocycles. The summed E-state index contributed by atoms with van der Waals surface area (Å²) in [6.45, 7) is 6.22. The highest BCUT2D eigenvalue weighted by molar-refractivity contribution is 5.95. The van der Waals surface area contributed by atoms with Crippen molar-refractivity contribution in [3.8, 4) is 5.75 Å². The van der Waals surface area contributed by atoms with E-state index < -0.39 is 0 Å². The first-order valence-electron chi connectivity index (χ1n) is 7.62. The lowest BCUT2D eigenvalue weighted by Crippen LogP contribution is -2.30. The molecule has 1 saturated carbocycles. The van der Waals surface area contributed by atoms with Crippen LogP contribution in [0, 0.1) is 5.41 Å². The van der Waals surface area contributed by atoms with Crippen molar-refractivity contribution in [2.45, 2.75) is 59.0 Å². The third-order valence-corrected chi connectivity index (χ3v) is 4.28. The fourth-order valence-electron chi connectivity index (χ4n) is 2.60. The van der Waals surface area contributed by atoms with Gasteiger partial charge in [-0.25, -0.2) is 0 Å². The molecule has 3 heteroatoms. The van der Waals surface area contributed by atoms with E-state index in [9.17, 15) is 4.79 Å². The topological polar surface area (TPSA) is 38.3 Å². The van der Waals surface area contributed by atoms with Gasteiger partial charge in [0.1, 0.15) is 5.75 Å². The van der Waals surface area contributed by atoms with Gasteiger partial charge in [-0.1, -0.05) is 26.7 Å². The molecule has 0 radical (unpaired) electrons. The SMILES string of the molecule is CC[C@@H](C)Oc1ccc(NC(=O)C2(C)CCCC2)cc1. The van der Waals surface area contributed by atoms with E-state index in [1.807, 2.05) is 24.3 Å². The molecule has 1 aromatic rings. The largest absolute Gasteiger partial charge is 0.491 e. The summed E-state index contributed by atoms with van der Waals surface area (Å²) in [7, 11) is 0. The molecular formula is C17H25NO2. The molecule has 1 fully saturated rings. The Labute approximate surface area is 121 Å². The average molecular weight is 275 g/mol. The van der Waals surface area contributed by atoms with Crippen molar-refractivity contribution in [2.75, 3.05) is 5.32 Å². The minimum atomic E-state index is -0.189. The lowest BCUT2D eigenvalue weighted by Gasteiger charge is -2.22. The molecule has 0 spiro atoms. The molecule has 1 aliphatic rings. The summed E-state index contributed by atoms with van der Waals surface area (Å²) in [6.07, 6.45) is 5.50. The molecule has 1 amide bonds. The van der Waals surface area contributed by atoms with Crippen LogP contribution in [-0.4, -0.2) is 12.0 Å². The Bertz CT molecular complexity index is 447. The van der Waals surface area contributed by atoms with E-state index in [0.29, 0.717) is 0 Å². The number of nitrogens with one attached hydrogen (secondary N) is 1. The Morgan fingerprint density at radius 2 is 1.90 bits per heavy atom. The maximum Gasteiger partial charge on any atom is 0.230 e. The lowest BCUT2D eigenvalue weighted by molar-refractivity contribution is -0.124. The molecule has 110 valence electrons. The number of rotatable bonds is 5. The zero-order valence-electron chi connectivity index (χ0n) is 12.7. The predicted octanol–water partition coefficient (Wildman–Crippen LogP) is 4.38. The maximum atomic E-state index is 12.3. The minimum absolute atomic E-state index is 0.144. The Kier molecular flexibility index (Phi) is 4.69. The second-order valence-corrected chi connectivity index (χ2v) is 6.08. The number of carbonyl (C=O) groups is 1. The minimum Gasteiger partial charge on any atom is -0.491 e. The van der Waals surface area contributed by atoms with Crippen LogP contribution in [0.25, 0.3) is 0 Å². The number of ether oxygens (including phenoxy) is 1. The molecule has 20 heavy (non-hydrogen) atoms. The molecule has 0 bridgehead atoms. The molecule has 1 aromatic carbocycles. The molecular weight excluding hydrogens is 250 g/mol. The molecule has 1 atom stereocenters. The molecule has 2 rings (SSSR count). The van der Waals surface area contributed by atoms with E-state index in [1.54, 1.807) is 0 Å². The number of anilines is 1. The number of hydrogen-bond donors (Lipinski definition) is 1. The van der Waals surface area contributed by atoms with Gasteiger partial charge in [0.2, 0.25) is 5.91 Å². The van der Waals surface area contributed by atoms with Crippen molar-refractivity contribution in [1.29, 1.82) is 0 Å². The molecule has 1 N–H and O–H groups in total. The fourth-order valence-corrected chi connectivity index (χ4v) is 2.60. The zero-order valence-corrected chi connectivity index (χ0v) is 12.7. The molecule has 0 aromatic heterocycles. The van der Waals surface area contributed by atoms with E-state index in [0.717, 1.165) is 43.5 Å². The highest BCUT2D eigenvalue weighted by Crippen LogP contribution is 2.38. The van der Waals surface area contributed by atoms with Gasteiger partial charge in [0.05, 0.1) is 6.10 Å². The second kappa shape index (κ2) is 6.29. The summed E-state index contributed by atoms with van der Waals surface area (Å²) >= 11 is 0. The van der Waals surface area contributed by atoms with E-state index in [-0.39, 0.29) is 17.4 Å². The van der Waals surface area contributed by atoms with Gasteiger partial charge in [-0.15, -0.1) is 0 Å². The Morgan fingerprint density at radius 3 is 2.45 bits per heavy atom. The zero-order chi connectivity index (χ0) is 14.6. The van der Waals surface area contributed by atoms with Gasteiger partial charge in [-0.05, 0) is 50.5 Å². The smallest absolute Gasteiger partial charge is 0.230 e. The van der Waals surface area contributed by atoms with Crippen molar-refractivity contribution in [3.63, 3.8) is 0 Å². The Morgan fingerprint density at radius 1 is 1.30 bits per heavy atom. The quantitative estimate of drug-likeness (QED) is 0.866. The summed E-state index contributed by atoms with van der Waals surface area (Å²) in [4.78, 5) is 12.3. The Balaban J connectivity index is 1.95. The standard InChI is InChI=1S/C17H25NO2/c1-4-13(2)20-15-9-7-14(8-10-15)18-16(19)17(3)11-5-6-12-17/h7-10,13H,4-6,11-12H2,1-3H3,(H,18,19)/t13-/m1/s1. The fraction of sp³-hybridized carbons (Fsp3) is 0.588. The molecule has 0 aliphatic heterocycles. The van der Waals surface area contributed by atoms with E-state index in [4.69, 9.17) is 4.74 Å². The van der Waals surface area contributed by atoms with Crippen LogP contribution in [0.4, 0.5) is 5.69 Å². The first kappa shape index (κ1) is 14.9. The van der Waals surface area contributed by atoms with Crippen LogP contribution in [0.5, 0.6) is 5.75 Å². The first-order valence-corrected chi connectivity index (χ1v) is 7.62.